The molecule has 17 heteroatoms. The molecule has 3 aliphatic heterocycles. The minimum atomic E-state index is -0.872. The van der Waals surface area contributed by atoms with E-state index in [0.29, 0.717) is 89.2 Å². The molecule has 0 aliphatic carbocycles. The molecule has 0 bridgehead atoms. The molecule has 372 valence electrons. The number of ether oxygens (including phenoxy) is 9. The van der Waals surface area contributed by atoms with E-state index in [-0.39, 0.29) is 55.7 Å². The zero-order chi connectivity index (χ0) is 49.6. The molecule has 4 unspecified atom stereocenters. The maximum Gasteiger partial charge on any atom is 0.514 e. The van der Waals surface area contributed by atoms with Crippen molar-refractivity contribution in [2.45, 2.75) is 136 Å². The number of hydrogen-bond acceptors (Lipinski definition) is 16. The van der Waals surface area contributed by atoms with Crippen LogP contribution in [0.1, 0.15) is 124 Å². The van der Waals surface area contributed by atoms with Crippen LogP contribution in [0.15, 0.2) is 18.2 Å². The molecule has 0 saturated heterocycles. The minimum absolute atomic E-state index is 0.0521. The number of aryl methyl sites for hydroxylation is 1. The Labute approximate surface area is 404 Å². The van der Waals surface area contributed by atoms with Crippen LogP contribution in [0.3, 0.4) is 0 Å². The highest BCUT2D eigenvalue weighted by atomic mass is 32.2. The van der Waals surface area contributed by atoms with Crippen LogP contribution in [0.4, 0.5) is 9.59 Å². The van der Waals surface area contributed by atoms with E-state index in [1.807, 2.05) is 54.8 Å². The number of nitrogens with zero attached hydrogens (tertiary/aromatic N) is 2. The summed E-state index contributed by atoms with van der Waals surface area (Å²) in [5.74, 6) is 2.47. The lowest BCUT2D eigenvalue weighted by Crippen LogP contribution is -2.51. The standard InChI is InChI=1S/C51H69N3O13S/c1-14-16-38(55)65-45-29(4)40(47-46(30(45)5)62-27-63-47)35-25-61-49(57)52-20-18-32-23-37(64-50(58)67-51(7,8)9)36(59-12)24-34(32)26-68-31(6)42-43(53(10)11)41-33(19-21-54(35)42)22-28(3)44(60-13)48(41)66-39(56)17-15-2/h22-24,31,35,42-43H,14-21,25-27H2,1-13H3,(H,52,57). The molecule has 16 nitrogen and oxygen atoms in total. The van der Waals surface area contributed by atoms with Crippen LogP contribution >= 0.6 is 11.8 Å². The second-order valence-corrected chi connectivity index (χ2v) is 20.0. The van der Waals surface area contributed by atoms with Crippen molar-refractivity contribution in [3.8, 4) is 40.2 Å². The van der Waals surface area contributed by atoms with Gasteiger partial charge < -0.3 is 52.8 Å². The molecule has 0 spiro atoms. The SMILES string of the molecule is CCCC(=O)Oc1c(C)c2c(c(C3COC(=O)NCCc4cc(OC(=O)OC(C)(C)C)c(OC)cc4CSC(C)C4C(N(C)C)c5c(cc(C)c(OC)c5OC(=O)CCC)CCN34)c1C)OCO2. The Balaban J connectivity index is 1.58. The Morgan fingerprint density at radius 3 is 2.10 bits per heavy atom. The Kier molecular flexibility index (Phi) is 17.1. The summed E-state index contributed by atoms with van der Waals surface area (Å²) < 4.78 is 54.2. The normalized spacial score (nSPS) is 19.8. The van der Waals surface area contributed by atoms with Gasteiger partial charge in [0.1, 0.15) is 18.0 Å². The largest absolute Gasteiger partial charge is 0.514 e. The molecule has 3 aromatic carbocycles. The molecule has 3 aliphatic rings. The van der Waals surface area contributed by atoms with E-state index >= 15 is 0 Å². The number of carbonyl (C=O) groups excluding carboxylic acids is 4. The summed E-state index contributed by atoms with van der Waals surface area (Å²) in [5.41, 5.74) is 5.54. The zero-order valence-corrected chi connectivity index (χ0v) is 42.7. The number of alkyl carbamates (subject to hydrolysis) is 1. The lowest BCUT2D eigenvalue weighted by atomic mass is 9.88. The van der Waals surface area contributed by atoms with Crippen molar-refractivity contribution in [1.82, 2.24) is 15.1 Å². The summed E-state index contributed by atoms with van der Waals surface area (Å²) in [6.07, 6.45) is 1.03. The Hall–Kier alpha value is -5.39. The number of hydrogen-bond donors (Lipinski definition) is 1. The second-order valence-electron chi connectivity index (χ2n) is 18.7. The van der Waals surface area contributed by atoms with Crippen molar-refractivity contribution in [3.05, 3.63) is 62.7 Å². The number of methoxy groups -OCH3 is 2. The van der Waals surface area contributed by atoms with Crippen molar-refractivity contribution in [2.24, 2.45) is 0 Å². The van der Waals surface area contributed by atoms with Crippen LogP contribution < -0.4 is 38.5 Å². The van der Waals surface area contributed by atoms with Gasteiger partial charge in [0.05, 0.1) is 26.3 Å². The number of nitrogens with one attached hydrogen (secondary N) is 1. The number of cyclic esters (lactones) is 1. The lowest BCUT2D eigenvalue weighted by molar-refractivity contribution is -0.135. The van der Waals surface area contributed by atoms with Crippen LogP contribution in [-0.2, 0) is 37.7 Å². The van der Waals surface area contributed by atoms with Crippen molar-refractivity contribution in [1.29, 1.82) is 0 Å². The first-order valence-corrected chi connectivity index (χ1v) is 24.5. The first-order chi connectivity index (χ1) is 32.3. The highest BCUT2D eigenvalue weighted by Gasteiger charge is 2.46. The third kappa shape index (κ3) is 11.5. The third-order valence-electron chi connectivity index (χ3n) is 12.4. The van der Waals surface area contributed by atoms with Gasteiger partial charge in [0.25, 0.3) is 0 Å². The summed E-state index contributed by atoms with van der Waals surface area (Å²) in [5, 5.41) is 2.74. The monoisotopic (exact) mass is 963 g/mol. The van der Waals surface area contributed by atoms with Crippen molar-refractivity contribution >= 4 is 35.9 Å². The number of thioether (sulfide) groups is 1. The van der Waals surface area contributed by atoms with E-state index in [4.69, 9.17) is 42.6 Å². The summed E-state index contributed by atoms with van der Waals surface area (Å²) in [4.78, 5) is 58.1. The van der Waals surface area contributed by atoms with Crippen LogP contribution in [-0.4, -0.2) is 106 Å². The number of esters is 2. The number of rotatable bonds is 11. The van der Waals surface area contributed by atoms with E-state index in [1.54, 1.807) is 45.7 Å². The smallest absolute Gasteiger partial charge is 0.493 e. The van der Waals surface area contributed by atoms with Gasteiger partial charge >= 0.3 is 24.2 Å². The Bertz CT molecular complexity index is 2360. The van der Waals surface area contributed by atoms with Crippen LogP contribution in [0.5, 0.6) is 40.2 Å². The van der Waals surface area contributed by atoms with Gasteiger partial charge in [-0.1, -0.05) is 26.8 Å². The first kappa shape index (κ1) is 52.0. The van der Waals surface area contributed by atoms with Gasteiger partial charge in [-0.2, -0.15) is 11.8 Å². The average Bonchev–Trinajstić information content (AvgIpc) is 3.68. The fourth-order valence-electron chi connectivity index (χ4n) is 9.45. The fraction of sp³-hybridized carbons (Fsp3) is 0.569. The highest BCUT2D eigenvalue weighted by molar-refractivity contribution is 7.99. The summed E-state index contributed by atoms with van der Waals surface area (Å²) in [6, 6.07) is 4.20. The molecule has 68 heavy (non-hydrogen) atoms. The van der Waals surface area contributed by atoms with Gasteiger partial charge in [-0.3, -0.25) is 14.5 Å². The maximum atomic E-state index is 13.9. The lowest BCUT2D eigenvalue weighted by Gasteiger charge is -2.46. The molecule has 0 fully saturated rings. The molecular weight excluding hydrogens is 895 g/mol. The molecule has 6 rings (SSSR count). The molecule has 3 heterocycles. The first-order valence-electron chi connectivity index (χ1n) is 23.4. The van der Waals surface area contributed by atoms with E-state index < -0.39 is 36.0 Å². The van der Waals surface area contributed by atoms with E-state index in [0.717, 1.165) is 27.8 Å². The maximum absolute atomic E-state index is 13.9. The second kappa shape index (κ2) is 22.4. The van der Waals surface area contributed by atoms with Crippen LogP contribution in [0.2, 0.25) is 0 Å². The predicted molar refractivity (Wildman–Crippen MR) is 258 cm³/mol. The van der Waals surface area contributed by atoms with Gasteiger partial charge in [-0.05, 0) is 116 Å². The molecular formula is C51H69N3O13S. The Morgan fingerprint density at radius 2 is 1.47 bits per heavy atom. The predicted octanol–water partition coefficient (Wildman–Crippen LogP) is 9.26. The summed E-state index contributed by atoms with van der Waals surface area (Å²) >= 11 is 1.72. The zero-order valence-electron chi connectivity index (χ0n) is 41.9. The number of likely N-dealkylation sites (N-methyl/N-ethyl adjacent to an activating group) is 1. The summed E-state index contributed by atoms with van der Waals surface area (Å²) in [7, 11) is 7.11. The van der Waals surface area contributed by atoms with Gasteiger partial charge in [0.15, 0.2) is 34.5 Å². The van der Waals surface area contributed by atoms with Crippen molar-refractivity contribution in [2.75, 3.05) is 54.8 Å². The van der Waals surface area contributed by atoms with Gasteiger partial charge in [-0.25, -0.2) is 9.59 Å². The molecule has 1 amide bonds. The van der Waals surface area contributed by atoms with E-state index in [2.05, 4.69) is 28.1 Å². The quantitative estimate of drug-likeness (QED) is 0.109. The summed E-state index contributed by atoms with van der Waals surface area (Å²) in [6.45, 7) is 17.5. The van der Waals surface area contributed by atoms with Crippen LogP contribution in [0, 0.1) is 20.8 Å². The molecule has 0 aromatic heterocycles. The van der Waals surface area contributed by atoms with Crippen molar-refractivity contribution in [3.63, 3.8) is 0 Å². The number of benzene rings is 3. The molecule has 3 aromatic rings. The van der Waals surface area contributed by atoms with Gasteiger partial charge in [0.2, 0.25) is 6.79 Å². The fourth-order valence-corrected chi connectivity index (χ4v) is 10.7. The van der Waals surface area contributed by atoms with Crippen molar-refractivity contribution < 1.29 is 61.8 Å². The molecule has 4 atom stereocenters. The molecule has 1 N–H and O–H groups in total. The third-order valence-corrected chi connectivity index (χ3v) is 13.7. The average molecular weight is 964 g/mol. The molecule has 0 radical (unpaired) electrons. The topological polar surface area (TPSA) is 170 Å². The highest BCUT2D eigenvalue weighted by Crippen LogP contribution is 2.53. The van der Waals surface area contributed by atoms with Gasteiger partial charge in [-0.15, -0.1) is 0 Å². The van der Waals surface area contributed by atoms with Gasteiger partial charge in [0, 0.05) is 65.2 Å². The number of fused-ring (bicyclic) bond motifs is 4. The Morgan fingerprint density at radius 1 is 0.809 bits per heavy atom. The number of carbonyl (C=O) groups is 4. The minimum Gasteiger partial charge on any atom is -0.493 e. The van der Waals surface area contributed by atoms with Crippen LogP contribution in [0.25, 0.3) is 0 Å². The van der Waals surface area contributed by atoms with E-state index in [9.17, 15) is 19.2 Å². The van der Waals surface area contributed by atoms with E-state index in [1.165, 1.54) is 7.11 Å². The number of amides is 1. The molecule has 0 saturated carbocycles.